The first-order valence-electron chi connectivity index (χ1n) is 11.9. The Morgan fingerprint density at radius 2 is 1.77 bits per heavy atom. The lowest BCUT2D eigenvalue weighted by Crippen LogP contribution is -2.18. The van der Waals surface area contributed by atoms with Gasteiger partial charge in [-0.3, -0.25) is 14.3 Å². The molecule has 2 aromatic carbocycles. The number of carbonyl (C=O) groups excluding carboxylic acids is 2. The van der Waals surface area contributed by atoms with E-state index in [-0.39, 0.29) is 28.3 Å². The van der Waals surface area contributed by atoms with Crippen molar-refractivity contribution in [3.8, 4) is 17.0 Å². The molecule has 39 heavy (non-hydrogen) atoms. The highest BCUT2D eigenvalue weighted by molar-refractivity contribution is 6.13. The molecule has 5 aromatic rings. The number of nitrogens with zero attached hydrogens (tertiary/aromatic N) is 5. The van der Waals surface area contributed by atoms with Crippen molar-refractivity contribution < 1.29 is 23.1 Å². The first-order valence-corrected chi connectivity index (χ1v) is 11.9. The number of benzene rings is 2. The smallest absolute Gasteiger partial charge is 0.280 e. The van der Waals surface area contributed by atoms with Gasteiger partial charge in [0.05, 0.1) is 24.7 Å². The number of hydrogen-bond acceptors (Lipinski definition) is 6. The van der Waals surface area contributed by atoms with Gasteiger partial charge < -0.3 is 15.4 Å². The van der Waals surface area contributed by atoms with E-state index in [1.165, 1.54) is 24.1 Å². The normalized spacial score (nSPS) is 11.1. The molecular weight excluding hydrogens is 508 g/mol. The Bertz CT molecular complexity index is 1670. The molecule has 10 nitrogen and oxygen atoms in total. The van der Waals surface area contributed by atoms with Crippen molar-refractivity contribution in [1.82, 2.24) is 24.4 Å². The molecule has 5 rings (SSSR count). The molecule has 0 unspecified atom stereocenters. The highest BCUT2D eigenvalue weighted by Crippen LogP contribution is 2.32. The van der Waals surface area contributed by atoms with Crippen molar-refractivity contribution in [2.75, 3.05) is 17.7 Å². The first-order chi connectivity index (χ1) is 18.9. The van der Waals surface area contributed by atoms with E-state index in [2.05, 4.69) is 25.8 Å². The fraction of sp³-hybridized carbons (Fsp3) is 0.148. The van der Waals surface area contributed by atoms with Crippen molar-refractivity contribution in [3.05, 3.63) is 90.0 Å². The molecular formula is C27H23F2N7O3. The Hall–Kier alpha value is -5.13. The molecule has 198 valence electrons. The average Bonchev–Trinajstić information content (AvgIpc) is 3.57. The number of aromatic nitrogens is 5. The molecule has 0 spiro atoms. The number of ether oxygens (including phenoxy) is 1. The van der Waals surface area contributed by atoms with Gasteiger partial charge in [-0.05, 0) is 37.3 Å². The van der Waals surface area contributed by atoms with Crippen LogP contribution in [0, 0.1) is 0 Å². The minimum atomic E-state index is -2.89. The molecule has 0 bridgehead atoms. The molecule has 2 N–H and O–H groups in total. The van der Waals surface area contributed by atoms with Gasteiger partial charge in [0.25, 0.3) is 18.2 Å². The molecule has 0 saturated heterocycles. The second-order valence-electron chi connectivity index (χ2n) is 8.38. The number of aryl methyl sites for hydroxylation is 1. The molecule has 0 saturated carbocycles. The van der Waals surface area contributed by atoms with Crippen LogP contribution in [-0.2, 0) is 6.54 Å². The van der Waals surface area contributed by atoms with Crippen LogP contribution in [0.15, 0.2) is 73.1 Å². The zero-order valence-electron chi connectivity index (χ0n) is 20.9. The number of nitrogens with one attached hydrogen (secondary N) is 2. The van der Waals surface area contributed by atoms with E-state index in [1.807, 2.05) is 13.0 Å². The van der Waals surface area contributed by atoms with Gasteiger partial charge in [0.1, 0.15) is 17.0 Å². The van der Waals surface area contributed by atoms with Gasteiger partial charge in [0, 0.05) is 24.0 Å². The lowest BCUT2D eigenvalue weighted by Gasteiger charge is -2.11. The van der Waals surface area contributed by atoms with Gasteiger partial charge in [-0.15, -0.1) is 0 Å². The van der Waals surface area contributed by atoms with Crippen molar-refractivity contribution in [2.24, 2.45) is 0 Å². The number of hydrogen-bond donors (Lipinski definition) is 2. The van der Waals surface area contributed by atoms with E-state index in [4.69, 9.17) is 4.74 Å². The molecule has 12 heteroatoms. The quantitative estimate of drug-likeness (QED) is 0.289. The zero-order chi connectivity index (χ0) is 27.5. The Morgan fingerprint density at radius 1 is 1.03 bits per heavy atom. The highest BCUT2D eigenvalue weighted by atomic mass is 19.3. The summed E-state index contributed by atoms with van der Waals surface area (Å²) < 4.78 is 35.8. The first kappa shape index (κ1) is 25.5. The summed E-state index contributed by atoms with van der Waals surface area (Å²) in [5.74, 6) is -0.791. The van der Waals surface area contributed by atoms with E-state index in [0.29, 0.717) is 23.5 Å². The molecule has 3 heterocycles. The van der Waals surface area contributed by atoms with E-state index in [0.717, 1.165) is 10.7 Å². The highest BCUT2D eigenvalue weighted by Gasteiger charge is 2.25. The van der Waals surface area contributed by atoms with Gasteiger partial charge in [-0.1, -0.05) is 30.3 Å². The van der Waals surface area contributed by atoms with Gasteiger partial charge in [-0.2, -0.15) is 10.2 Å². The zero-order valence-corrected chi connectivity index (χ0v) is 20.9. The van der Waals surface area contributed by atoms with E-state index in [9.17, 15) is 18.4 Å². The van der Waals surface area contributed by atoms with Gasteiger partial charge in [0.15, 0.2) is 11.3 Å². The minimum Gasteiger partial charge on any atom is -0.496 e. The van der Waals surface area contributed by atoms with Crippen molar-refractivity contribution in [3.63, 3.8) is 0 Å². The van der Waals surface area contributed by atoms with Gasteiger partial charge in [0.2, 0.25) is 0 Å². The minimum absolute atomic E-state index is 0.0125. The van der Waals surface area contributed by atoms with E-state index in [1.54, 1.807) is 48.5 Å². The topological polar surface area (TPSA) is 115 Å². The molecule has 3 aromatic heterocycles. The number of carbonyl (C=O) groups is 2. The van der Waals surface area contributed by atoms with Crippen LogP contribution < -0.4 is 15.4 Å². The Balaban J connectivity index is 1.53. The Labute approximate surface area is 221 Å². The number of methoxy groups -OCH3 is 1. The number of halogens is 2. The summed E-state index contributed by atoms with van der Waals surface area (Å²) in [4.78, 5) is 30.8. The summed E-state index contributed by atoms with van der Waals surface area (Å²) in [6.45, 7) is 2.28. The predicted molar refractivity (Wildman–Crippen MR) is 140 cm³/mol. The summed E-state index contributed by atoms with van der Waals surface area (Å²) in [5.41, 5.74) is 0.762. The van der Waals surface area contributed by atoms with Crippen LogP contribution in [-0.4, -0.2) is 43.3 Å². The van der Waals surface area contributed by atoms with Crippen LogP contribution in [0.1, 0.15) is 39.9 Å². The second-order valence-corrected chi connectivity index (χ2v) is 8.38. The fourth-order valence-electron chi connectivity index (χ4n) is 4.04. The molecule has 0 radical (unpaired) electrons. The van der Waals surface area contributed by atoms with E-state index < -0.39 is 23.9 Å². The molecule has 0 fully saturated rings. The summed E-state index contributed by atoms with van der Waals surface area (Å²) >= 11 is 0. The SMILES string of the molecule is CCn1cc(NC(=O)c2cnn3c(C(F)F)cc(-c4ccccc4OC)nc23)c(C(=O)Nc2ccccc2)n1. The monoisotopic (exact) mass is 531 g/mol. The maximum atomic E-state index is 14.0. The Kier molecular flexibility index (Phi) is 7.00. The van der Waals surface area contributed by atoms with Crippen LogP contribution in [0.25, 0.3) is 16.9 Å². The maximum Gasteiger partial charge on any atom is 0.280 e. The summed E-state index contributed by atoms with van der Waals surface area (Å²) in [6.07, 6.45) is -0.221. The van der Waals surface area contributed by atoms with Crippen LogP contribution in [0.5, 0.6) is 5.75 Å². The van der Waals surface area contributed by atoms with Crippen LogP contribution >= 0.6 is 0 Å². The van der Waals surface area contributed by atoms with Crippen molar-refractivity contribution >= 4 is 28.8 Å². The van der Waals surface area contributed by atoms with E-state index >= 15 is 0 Å². The molecule has 0 aliphatic heterocycles. The third-order valence-corrected chi connectivity index (χ3v) is 5.93. The number of fused-ring (bicyclic) bond motifs is 1. The summed E-state index contributed by atoms with van der Waals surface area (Å²) in [7, 11) is 1.46. The number of para-hydroxylation sites is 2. The largest absolute Gasteiger partial charge is 0.496 e. The van der Waals surface area contributed by atoms with Crippen LogP contribution in [0.4, 0.5) is 20.2 Å². The van der Waals surface area contributed by atoms with Crippen molar-refractivity contribution in [1.29, 1.82) is 0 Å². The maximum absolute atomic E-state index is 14.0. The van der Waals surface area contributed by atoms with Gasteiger partial charge in [-0.25, -0.2) is 18.3 Å². The van der Waals surface area contributed by atoms with Gasteiger partial charge >= 0.3 is 0 Å². The molecule has 0 aliphatic carbocycles. The summed E-state index contributed by atoms with van der Waals surface area (Å²) in [6, 6.07) is 16.8. The number of amides is 2. The fourth-order valence-corrected chi connectivity index (χ4v) is 4.04. The summed E-state index contributed by atoms with van der Waals surface area (Å²) in [5, 5.41) is 13.7. The second kappa shape index (κ2) is 10.7. The van der Waals surface area contributed by atoms with Crippen molar-refractivity contribution in [2.45, 2.75) is 19.9 Å². The number of rotatable bonds is 8. The lowest BCUT2D eigenvalue weighted by molar-refractivity contribution is 0.102. The third kappa shape index (κ3) is 5.04. The van der Waals surface area contributed by atoms with Crippen LogP contribution in [0.2, 0.25) is 0 Å². The molecule has 0 atom stereocenters. The molecule has 0 aliphatic rings. The predicted octanol–water partition coefficient (Wildman–Crippen LogP) is 5.06. The Morgan fingerprint density at radius 3 is 2.49 bits per heavy atom. The average molecular weight is 532 g/mol. The molecule has 2 amide bonds. The van der Waals surface area contributed by atoms with Crippen LogP contribution in [0.3, 0.4) is 0 Å². The standard InChI is InChI=1S/C27H23F2N7O3/c1-3-35-15-20(23(34-35)27(38)31-16-9-5-4-6-10-16)33-26(37)18-14-30-36-21(24(28)29)13-19(32-25(18)36)17-11-7-8-12-22(17)39-2/h4-15,24H,3H2,1-2H3,(H,31,38)(H,33,37). The number of alkyl halides is 2. The third-order valence-electron chi connectivity index (χ3n) is 5.93. The number of anilines is 2. The lowest BCUT2D eigenvalue weighted by atomic mass is 10.1.